The number of hydrogen-bond donors (Lipinski definition) is 1. The molecule has 0 radical (unpaired) electrons. The van der Waals surface area contributed by atoms with Crippen molar-refractivity contribution in [3.8, 4) is 0 Å². The van der Waals surface area contributed by atoms with Crippen LogP contribution in [0.1, 0.15) is 35.7 Å². The van der Waals surface area contributed by atoms with Crippen LogP contribution in [0, 0.1) is 0 Å². The minimum absolute atomic E-state index is 0.252. The number of rotatable bonds is 6. The third-order valence-electron chi connectivity index (χ3n) is 3.99. The van der Waals surface area contributed by atoms with E-state index in [-0.39, 0.29) is 6.61 Å². The molecule has 1 atom stereocenters. The van der Waals surface area contributed by atoms with Crippen molar-refractivity contribution >= 4 is 11.3 Å². The van der Waals surface area contributed by atoms with Crippen molar-refractivity contribution in [3.63, 3.8) is 0 Å². The van der Waals surface area contributed by atoms with Crippen molar-refractivity contribution in [1.82, 2.24) is 9.88 Å². The highest BCUT2D eigenvalue weighted by atomic mass is 32.1. The van der Waals surface area contributed by atoms with Gasteiger partial charge in [0.15, 0.2) is 0 Å². The molecule has 1 aromatic carbocycles. The summed E-state index contributed by atoms with van der Waals surface area (Å²) in [5, 5.41) is 11.3. The maximum absolute atomic E-state index is 9.14. The Balaban J connectivity index is 1.79. The summed E-state index contributed by atoms with van der Waals surface area (Å²) in [5.74, 6) is 0. The van der Waals surface area contributed by atoms with E-state index in [2.05, 4.69) is 39.5 Å². The Bertz CT molecular complexity index is 541. The zero-order valence-electron chi connectivity index (χ0n) is 11.5. The predicted molar refractivity (Wildman–Crippen MR) is 81.7 cm³/mol. The van der Waals surface area contributed by atoms with Crippen molar-refractivity contribution < 1.29 is 5.11 Å². The Morgan fingerprint density at radius 1 is 1.35 bits per heavy atom. The summed E-state index contributed by atoms with van der Waals surface area (Å²) in [6, 6.07) is 9.21. The molecule has 2 aromatic rings. The van der Waals surface area contributed by atoms with Crippen LogP contribution in [0.5, 0.6) is 0 Å². The van der Waals surface area contributed by atoms with E-state index in [4.69, 9.17) is 5.11 Å². The molecule has 3 nitrogen and oxygen atoms in total. The third kappa shape index (κ3) is 2.92. The number of fused-ring (bicyclic) bond motifs is 1. The Kier molecular flexibility index (Phi) is 4.45. The fourth-order valence-corrected chi connectivity index (χ4v) is 3.61. The molecular weight excluding hydrogens is 268 g/mol. The van der Waals surface area contributed by atoms with Crippen LogP contribution in [0.25, 0.3) is 0 Å². The van der Waals surface area contributed by atoms with Crippen LogP contribution in [0.15, 0.2) is 35.2 Å². The first-order chi connectivity index (χ1) is 9.88. The maximum atomic E-state index is 9.14. The number of hydrogen-bond acceptors (Lipinski definition) is 4. The Morgan fingerprint density at radius 3 is 3.05 bits per heavy atom. The van der Waals surface area contributed by atoms with Crippen molar-refractivity contribution in [2.75, 3.05) is 13.2 Å². The van der Waals surface area contributed by atoms with Gasteiger partial charge in [-0.25, -0.2) is 4.98 Å². The van der Waals surface area contributed by atoms with Gasteiger partial charge >= 0.3 is 0 Å². The highest BCUT2D eigenvalue weighted by Crippen LogP contribution is 2.36. The number of aliphatic hydroxyl groups is 1. The molecule has 1 N–H and O–H groups in total. The summed E-state index contributed by atoms with van der Waals surface area (Å²) >= 11 is 1.65. The lowest BCUT2D eigenvalue weighted by molar-refractivity contribution is 0.164. The van der Waals surface area contributed by atoms with E-state index in [0.717, 1.165) is 31.6 Å². The van der Waals surface area contributed by atoms with E-state index in [9.17, 15) is 0 Å². The van der Waals surface area contributed by atoms with Gasteiger partial charge in [-0.2, -0.15) is 0 Å². The van der Waals surface area contributed by atoms with Crippen LogP contribution in [0.2, 0.25) is 0 Å². The predicted octanol–water partition coefficient (Wildman–Crippen LogP) is 3.02. The normalized spacial score (nSPS) is 17.6. The number of aryl methyl sites for hydroxylation is 1. The van der Waals surface area contributed by atoms with Crippen LogP contribution < -0.4 is 0 Å². The van der Waals surface area contributed by atoms with Crippen molar-refractivity contribution in [1.29, 1.82) is 0 Å². The molecule has 0 amide bonds. The molecule has 1 aliphatic carbocycles. The minimum atomic E-state index is 0.252. The molecule has 20 heavy (non-hydrogen) atoms. The average Bonchev–Trinajstić information content (AvgIpc) is 3.12. The van der Waals surface area contributed by atoms with E-state index in [1.807, 2.05) is 5.51 Å². The van der Waals surface area contributed by atoms with Crippen LogP contribution in [-0.2, 0) is 13.0 Å². The Labute approximate surface area is 123 Å². The fourth-order valence-electron chi connectivity index (χ4n) is 3.06. The number of thiazole rings is 1. The topological polar surface area (TPSA) is 36.4 Å². The monoisotopic (exact) mass is 288 g/mol. The van der Waals surface area contributed by atoms with Gasteiger partial charge in [-0.15, -0.1) is 11.3 Å². The van der Waals surface area contributed by atoms with E-state index in [1.165, 1.54) is 17.5 Å². The summed E-state index contributed by atoms with van der Waals surface area (Å²) in [6.07, 6.45) is 3.16. The van der Waals surface area contributed by atoms with E-state index in [1.54, 1.807) is 11.3 Å². The van der Waals surface area contributed by atoms with Gasteiger partial charge in [0.05, 0.1) is 11.2 Å². The molecule has 1 aromatic heterocycles. The summed E-state index contributed by atoms with van der Waals surface area (Å²) in [5.41, 5.74) is 5.96. The first-order valence-corrected chi connectivity index (χ1v) is 8.12. The molecule has 1 aliphatic rings. The second-order valence-electron chi connectivity index (χ2n) is 5.28. The van der Waals surface area contributed by atoms with E-state index >= 15 is 0 Å². The molecule has 0 fully saturated rings. The molecule has 0 bridgehead atoms. The van der Waals surface area contributed by atoms with Crippen molar-refractivity contribution in [3.05, 3.63) is 52.0 Å². The quantitative estimate of drug-likeness (QED) is 0.887. The van der Waals surface area contributed by atoms with Crippen molar-refractivity contribution in [2.45, 2.75) is 31.8 Å². The van der Waals surface area contributed by atoms with Crippen LogP contribution in [0.3, 0.4) is 0 Å². The van der Waals surface area contributed by atoms with E-state index < -0.39 is 0 Å². The number of nitrogens with zero attached hydrogens (tertiary/aromatic N) is 2. The van der Waals surface area contributed by atoms with Gasteiger partial charge in [0.1, 0.15) is 0 Å². The van der Waals surface area contributed by atoms with Gasteiger partial charge < -0.3 is 5.11 Å². The lowest BCUT2D eigenvalue weighted by Gasteiger charge is -2.28. The lowest BCUT2D eigenvalue weighted by Crippen LogP contribution is -2.29. The molecular formula is C16H20N2OS. The second-order valence-corrected chi connectivity index (χ2v) is 6.00. The largest absolute Gasteiger partial charge is 0.396 e. The fraction of sp³-hybridized carbons (Fsp3) is 0.438. The first-order valence-electron chi connectivity index (χ1n) is 7.18. The summed E-state index contributed by atoms with van der Waals surface area (Å²) in [4.78, 5) is 6.88. The van der Waals surface area contributed by atoms with Gasteiger partial charge in [-0.1, -0.05) is 24.3 Å². The molecule has 106 valence electrons. The van der Waals surface area contributed by atoms with E-state index in [0.29, 0.717) is 6.04 Å². The SMILES string of the molecule is OCCCN(Cc1cscn1)C1CCc2ccccc21. The molecule has 3 rings (SSSR count). The number of aromatic nitrogens is 1. The minimum Gasteiger partial charge on any atom is -0.396 e. The Hall–Kier alpha value is -1.23. The molecule has 0 spiro atoms. The zero-order chi connectivity index (χ0) is 13.8. The standard InChI is InChI=1S/C16H20N2OS/c19-9-3-8-18(10-14-11-20-12-17-14)16-7-6-13-4-1-2-5-15(13)16/h1-2,4-5,11-12,16,19H,3,6-10H2. The van der Waals surface area contributed by atoms with Crippen molar-refractivity contribution in [2.24, 2.45) is 0 Å². The van der Waals surface area contributed by atoms with Gasteiger partial charge in [0, 0.05) is 31.1 Å². The zero-order valence-corrected chi connectivity index (χ0v) is 12.4. The molecule has 1 unspecified atom stereocenters. The highest BCUT2D eigenvalue weighted by molar-refractivity contribution is 7.07. The smallest absolute Gasteiger partial charge is 0.0795 e. The maximum Gasteiger partial charge on any atom is 0.0795 e. The highest BCUT2D eigenvalue weighted by Gasteiger charge is 2.27. The summed E-state index contributed by atoms with van der Waals surface area (Å²) in [7, 11) is 0. The van der Waals surface area contributed by atoms with Crippen LogP contribution in [-0.4, -0.2) is 28.1 Å². The number of aliphatic hydroxyl groups excluding tert-OH is 1. The molecule has 0 saturated heterocycles. The first kappa shape index (κ1) is 13.7. The molecule has 1 heterocycles. The second kappa shape index (κ2) is 6.48. The van der Waals surface area contributed by atoms with Crippen LogP contribution >= 0.6 is 11.3 Å². The van der Waals surface area contributed by atoms with Gasteiger partial charge in [0.25, 0.3) is 0 Å². The summed E-state index contributed by atoms with van der Waals surface area (Å²) < 4.78 is 0. The van der Waals surface area contributed by atoms with Gasteiger partial charge in [0.2, 0.25) is 0 Å². The van der Waals surface area contributed by atoms with Gasteiger partial charge in [-0.05, 0) is 30.4 Å². The molecule has 4 heteroatoms. The lowest BCUT2D eigenvalue weighted by atomic mass is 10.1. The average molecular weight is 288 g/mol. The number of benzene rings is 1. The molecule has 0 aliphatic heterocycles. The molecule has 0 saturated carbocycles. The third-order valence-corrected chi connectivity index (χ3v) is 4.63. The van der Waals surface area contributed by atoms with Crippen LogP contribution in [0.4, 0.5) is 0 Å². The summed E-state index contributed by atoms with van der Waals surface area (Å²) in [6.45, 7) is 2.05. The van der Waals surface area contributed by atoms with Gasteiger partial charge in [-0.3, -0.25) is 4.90 Å². The Morgan fingerprint density at radius 2 is 2.25 bits per heavy atom.